The Morgan fingerprint density at radius 1 is 1.00 bits per heavy atom. The van der Waals surface area contributed by atoms with Crippen molar-refractivity contribution >= 4 is 44.0 Å². The number of likely N-dealkylation sites (tertiary alicyclic amines) is 1. The third-order valence-electron chi connectivity index (χ3n) is 16.5. The minimum absolute atomic E-state index is 0.0182. The molecule has 11 rings (SSSR count). The number of hydrogen-bond acceptors (Lipinski definition) is 12. The van der Waals surface area contributed by atoms with Gasteiger partial charge in [-0.2, -0.15) is 0 Å². The molecule has 5 fully saturated rings. The maximum absolute atomic E-state index is 15.0. The van der Waals surface area contributed by atoms with Crippen LogP contribution in [0.3, 0.4) is 0 Å². The molecule has 1 spiro atoms. The van der Waals surface area contributed by atoms with E-state index < -0.39 is 42.9 Å². The van der Waals surface area contributed by atoms with Crippen molar-refractivity contribution in [1.82, 2.24) is 19.6 Å². The predicted octanol–water partition coefficient (Wildman–Crippen LogP) is 10.2. The molecule has 5 heterocycles. The van der Waals surface area contributed by atoms with E-state index in [9.17, 15) is 28.4 Å². The monoisotopic (exact) mass is 975 g/mol. The van der Waals surface area contributed by atoms with Gasteiger partial charge in [0, 0.05) is 61.2 Å². The molecule has 3 aromatic carbocycles. The molecule has 3 aliphatic carbocycles. The van der Waals surface area contributed by atoms with Crippen LogP contribution in [0.25, 0.3) is 11.0 Å². The summed E-state index contributed by atoms with van der Waals surface area (Å²) in [5.41, 5.74) is 3.67. The zero-order chi connectivity index (χ0) is 48.7. The third kappa shape index (κ3) is 8.86. The van der Waals surface area contributed by atoms with Crippen molar-refractivity contribution in [3.05, 3.63) is 105 Å². The van der Waals surface area contributed by atoms with Crippen molar-refractivity contribution in [2.75, 3.05) is 36.5 Å². The van der Waals surface area contributed by atoms with Crippen molar-refractivity contribution in [2.24, 2.45) is 11.3 Å². The summed E-state index contributed by atoms with van der Waals surface area (Å²) in [6.07, 6.45) is 12.3. The normalized spacial score (nSPS) is 24.8. The molecule has 70 heavy (non-hydrogen) atoms. The summed E-state index contributed by atoms with van der Waals surface area (Å²) < 4.78 is 58.0. The molecule has 17 heteroatoms. The number of benzene rings is 3. The Balaban J connectivity index is 0.838. The van der Waals surface area contributed by atoms with Gasteiger partial charge in [-0.3, -0.25) is 19.8 Å². The molecule has 370 valence electrons. The topological polar surface area (TPSA) is 192 Å². The molecule has 3 saturated carbocycles. The van der Waals surface area contributed by atoms with Crippen LogP contribution in [-0.4, -0.2) is 83.1 Å². The smallest absolute Gasteiger partial charge is 0.297 e. The molecule has 15 nitrogen and oxygen atoms in total. The highest BCUT2D eigenvalue weighted by Crippen LogP contribution is 2.55. The van der Waals surface area contributed by atoms with Gasteiger partial charge in [-0.05, 0) is 137 Å². The number of nitro groups is 1. The van der Waals surface area contributed by atoms with Gasteiger partial charge in [-0.15, -0.1) is 0 Å². The van der Waals surface area contributed by atoms with Crippen LogP contribution in [0.1, 0.15) is 143 Å². The quantitative estimate of drug-likeness (QED) is 0.0684. The molecule has 5 aromatic rings. The van der Waals surface area contributed by atoms with Crippen molar-refractivity contribution in [2.45, 2.75) is 138 Å². The van der Waals surface area contributed by atoms with E-state index >= 15 is 4.39 Å². The fourth-order valence-electron chi connectivity index (χ4n) is 12.3. The van der Waals surface area contributed by atoms with E-state index in [-0.39, 0.29) is 63.8 Å². The molecular weight excluding hydrogens is 914 g/mol. The number of anilines is 2. The number of amides is 1. The van der Waals surface area contributed by atoms with E-state index in [4.69, 9.17) is 14.5 Å². The number of aromatic nitrogens is 2. The number of nitrogens with one attached hydrogen (secondary N) is 3. The van der Waals surface area contributed by atoms with Gasteiger partial charge in [0.2, 0.25) is 0 Å². The largest absolute Gasteiger partial charge is 0.489 e. The van der Waals surface area contributed by atoms with Crippen molar-refractivity contribution in [3.8, 4) is 17.2 Å². The summed E-state index contributed by atoms with van der Waals surface area (Å²) in [7, 11) is -4.72. The highest BCUT2D eigenvalue weighted by molar-refractivity contribution is 7.90. The Morgan fingerprint density at radius 3 is 2.49 bits per heavy atom. The Morgan fingerprint density at radius 2 is 1.76 bits per heavy atom. The predicted molar refractivity (Wildman–Crippen MR) is 264 cm³/mol. The lowest BCUT2D eigenvalue weighted by atomic mass is 9.59. The van der Waals surface area contributed by atoms with E-state index in [1.165, 1.54) is 55.1 Å². The number of sulfonamides is 1. The first-order valence-electron chi connectivity index (χ1n) is 25.1. The fraction of sp³-hybridized carbons (Fsp3) is 0.509. The summed E-state index contributed by atoms with van der Waals surface area (Å²) in [5.74, 6) is -0.574. The highest BCUT2D eigenvalue weighted by atomic mass is 32.2. The second-order valence-electron chi connectivity index (χ2n) is 21.6. The third-order valence-corrected chi connectivity index (χ3v) is 17.8. The highest BCUT2D eigenvalue weighted by Gasteiger charge is 2.50. The lowest BCUT2D eigenvalue weighted by Crippen LogP contribution is -2.54. The number of carbonyl (C=O) groups is 1. The second kappa shape index (κ2) is 17.8. The van der Waals surface area contributed by atoms with Crippen LogP contribution in [0.4, 0.5) is 21.5 Å². The first-order chi connectivity index (χ1) is 33.5. The molecule has 3 aliphatic heterocycles. The number of carbonyl (C=O) groups excluding carboxylic acids is 1. The number of aliphatic hydroxyl groups is 1. The van der Waals surface area contributed by atoms with Gasteiger partial charge in [-0.25, -0.2) is 22.5 Å². The molecular formula is C53H62FN7O8S. The minimum atomic E-state index is -4.72. The number of piperidine rings is 1. The minimum Gasteiger partial charge on any atom is -0.489 e. The number of halogens is 1. The number of pyridine rings is 1. The van der Waals surface area contributed by atoms with E-state index in [2.05, 4.69) is 62.9 Å². The first-order valence-corrected chi connectivity index (χ1v) is 26.6. The number of fused-ring (bicyclic) bond motifs is 2. The van der Waals surface area contributed by atoms with Crippen LogP contribution in [0.2, 0.25) is 0 Å². The number of hydrogen-bond donors (Lipinski definition) is 4. The van der Waals surface area contributed by atoms with E-state index in [0.29, 0.717) is 55.0 Å². The fourth-order valence-corrected chi connectivity index (χ4v) is 13.3. The standard InChI is InChI=1S/C53H62FN7O8S/c1-31(2)37-7-4-5-8-38(37)43-9-6-20-60(43)35-27-53(28-35)18-21-59(22-19-53)34-12-13-39(45(23-34)69-47-26-40-41(54)29-55-50(40)57-48(47)33-10-11-33)51(62)58-70(66,67)36-24-44(61(64)65)49-46(25-36)68-30-42(56-49)32-14-16-52(3,63)17-15-32/h4-5,7-8,12-13,23-26,29,31-33,35,42-43,56,63H,6,9-11,14-22,27-28,30H2,1-3H3,(H,55,57)(H,58,62)/t32-,42-,43+,52-/m1/s1. The van der Waals surface area contributed by atoms with Gasteiger partial charge in [-0.1, -0.05) is 38.1 Å². The molecule has 4 N–H and O–H groups in total. The van der Waals surface area contributed by atoms with Crippen molar-refractivity contribution in [3.63, 3.8) is 0 Å². The van der Waals surface area contributed by atoms with E-state index in [1.807, 2.05) is 0 Å². The van der Waals surface area contributed by atoms with Crippen molar-refractivity contribution in [1.29, 1.82) is 0 Å². The van der Waals surface area contributed by atoms with E-state index in [0.717, 1.165) is 57.1 Å². The number of nitrogens with zero attached hydrogens (tertiary/aromatic N) is 4. The molecule has 2 saturated heterocycles. The summed E-state index contributed by atoms with van der Waals surface area (Å²) in [6, 6.07) is 18.4. The van der Waals surface area contributed by atoms with Crippen LogP contribution in [-0.2, 0) is 10.0 Å². The van der Waals surface area contributed by atoms with Gasteiger partial charge < -0.3 is 29.8 Å². The Kier molecular flexibility index (Phi) is 11.9. The van der Waals surface area contributed by atoms with Gasteiger partial charge in [0.05, 0.1) is 38.1 Å². The Labute approximate surface area is 407 Å². The summed E-state index contributed by atoms with van der Waals surface area (Å²) >= 11 is 0. The maximum Gasteiger partial charge on any atom is 0.297 e. The molecule has 1 amide bonds. The van der Waals surface area contributed by atoms with Gasteiger partial charge in [0.1, 0.15) is 29.6 Å². The average Bonchev–Trinajstić information content (AvgIpc) is 3.96. The number of nitro benzene ring substituents is 1. The molecule has 2 atom stereocenters. The Hall–Kier alpha value is -5.78. The zero-order valence-corrected chi connectivity index (χ0v) is 40.8. The number of ether oxygens (including phenoxy) is 2. The van der Waals surface area contributed by atoms with E-state index in [1.54, 1.807) is 25.1 Å². The van der Waals surface area contributed by atoms with Crippen LogP contribution < -0.4 is 24.4 Å². The van der Waals surface area contributed by atoms with Crippen LogP contribution in [0.5, 0.6) is 17.2 Å². The summed E-state index contributed by atoms with van der Waals surface area (Å²) in [5, 5.41) is 26.4. The number of rotatable bonds is 12. The zero-order valence-electron chi connectivity index (χ0n) is 40.0. The maximum atomic E-state index is 15.0. The SMILES string of the molecule is CC(C)c1ccccc1[C@@H]1CCCN1C1CC2(CCN(c3ccc(C(=O)NS(=O)(=O)c4cc5c(c([N+](=O)[O-])c4)N[C@@H]([C@H]4CC[C@](C)(O)CC4)CO5)c(Oc4cc5c(F)c[nH]c5nc4C4CC4)c3)CC2)C1. The van der Waals surface area contributed by atoms with Gasteiger partial charge >= 0.3 is 0 Å². The number of aromatic amines is 1. The van der Waals surface area contributed by atoms with Gasteiger partial charge in [0.15, 0.2) is 11.4 Å². The molecule has 0 bridgehead atoms. The van der Waals surface area contributed by atoms with Crippen LogP contribution >= 0.6 is 0 Å². The van der Waals surface area contributed by atoms with Crippen LogP contribution in [0.15, 0.2) is 71.8 Å². The summed E-state index contributed by atoms with van der Waals surface area (Å²) in [4.78, 5) is 38.3. The van der Waals surface area contributed by atoms with Crippen molar-refractivity contribution < 1.29 is 37.1 Å². The van der Waals surface area contributed by atoms with Crippen LogP contribution in [0, 0.1) is 27.3 Å². The molecule has 0 unspecified atom stereocenters. The Bertz CT molecular complexity index is 2970. The lowest BCUT2D eigenvalue weighted by Gasteiger charge is -2.56. The average molecular weight is 976 g/mol. The lowest BCUT2D eigenvalue weighted by molar-refractivity contribution is -0.384. The van der Waals surface area contributed by atoms with Gasteiger partial charge in [0.25, 0.3) is 21.6 Å². The molecule has 0 radical (unpaired) electrons. The molecule has 6 aliphatic rings. The summed E-state index contributed by atoms with van der Waals surface area (Å²) in [6.45, 7) is 9.21. The number of H-pyrrole nitrogens is 1. The molecule has 2 aromatic heterocycles. The first kappa shape index (κ1) is 46.6. The second-order valence-corrected chi connectivity index (χ2v) is 23.3.